The van der Waals surface area contributed by atoms with E-state index in [1.165, 1.54) is 0 Å². The summed E-state index contributed by atoms with van der Waals surface area (Å²) in [6, 6.07) is 6.65. The van der Waals surface area contributed by atoms with Crippen LogP contribution in [0.3, 0.4) is 0 Å². The number of furan rings is 1. The fourth-order valence-electron chi connectivity index (χ4n) is 2.50. The van der Waals surface area contributed by atoms with E-state index in [4.69, 9.17) is 23.0 Å². The van der Waals surface area contributed by atoms with Crippen molar-refractivity contribution in [2.75, 3.05) is 6.79 Å². The molecular formula is C17H14N2O6. The van der Waals surface area contributed by atoms with Crippen LogP contribution in [0.5, 0.6) is 11.5 Å². The first-order valence-corrected chi connectivity index (χ1v) is 7.57. The van der Waals surface area contributed by atoms with Crippen LogP contribution in [0, 0.1) is 13.8 Å². The first-order chi connectivity index (χ1) is 12.1. The van der Waals surface area contributed by atoms with Crippen LogP contribution >= 0.6 is 0 Å². The van der Waals surface area contributed by atoms with E-state index in [1.54, 1.807) is 18.2 Å². The van der Waals surface area contributed by atoms with Gasteiger partial charge in [0.1, 0.15) is 11.5 Å². The Morgan fingerprint density at radius 2 is 1.96 bits per heavy atom. The number of aryl methyl sites for hydroxylation is 2. The number of rotatable bonds is 4. The Labute approximate surface area is 142 Å². The standard InChI is InChI=1S/C17H14N2O6/c1-9-5-12(10(2)24-9)16-19-18-15(25-16)7-21-17(20)11-3-4-13-14(6-11)23-8-22-13/h3-6H,7-8H2,1-2H3. The fourth-order valence-corrected chi connectivity index (χ4v) is 2.50. The van der Waals surface area contributed by atoms with Gasteiger partial charge in [-0.25, -0.2) is 4.79 Å². The second-order valence-corrected chi connectivity index (χ2v) is 5.47. The van der Waals surface area contributed by atoms with E-state index in [-0.39, 0.29) is 19.3 Å². The highest BCUT2D eigenvalue weighted by Gasteiger charge is 2.19. The first kappa shape index (κ1) is 15.3. The van der Waals surface area contributed by atoms with E-state index in [9.17, 15) is 4.79 Å². The van der Waals surface area contributed by atoms with Gasteiger partial charge in [-0.05, 0) is 38.1 Å². The molecule has 1 aliphatic heterocycles. The van der Waals surface area contributed by atoms with Crippen LogP contribution in [0.2, 0.25) is 0 Å². The number of fused-ring (bicyclic) bond motifs is 1. The Balaban J connectivity index is 1.43. The highest BCUT2D eigenvalue weighted by Crippen LogP contribution is 2.32. The van der Waals surface area contributed by atoms with Gasteiger partial charge in [0, 0.05) is 0 Å². The summed E-state index contributed by atoms with van der Waals surface area (Å²) in [5.41, 5.74) is 1.07. The zero-order chi connectivity index (χ0) is 17.4. The second kappa shape index (κ2) is 5.97. The molecule has 0 aliphatic carbocycles. The van der Waals surface area contributed by atoms with Gasteiger partial charge in [0.25, 0.3) is 11.8 Å². The Morgan fingerprint density at radius 3 is 2.76 bits per heavy atom. The van der Waals surface area contributed by atoms with Gasteiger partial charge in [0.05, 0.1) is 11.1 Å². The van der Waals surface area contributed by atoms with Gasteiger partial charge >= 0.3 is 5.97 Å². The molecule has 0 fully saturated rings. The predicted octanol–water partition coefficient (Wildman–Crippen LogP) is 3.03. The van der Waals surface area contributed by atoms with Gasteiger partial charge in [0.15, 0.2) is 18.1 Å². The third-order valence-electron chi connectivity index (χ3n) is 3.67. The fraction of sp³-hybridized carbons (Fsp3) is 0.235. The molecule has 2 aromatic heterocycles. The van der Waals surface area contributed by atoms with Gasteiger partial charge in [-0.2, -0.15) is 0 Å². The third-order valence-corrected chi connectivity index (χ3v) is 3.67. The molecule has 4 rings (SSSR count). The van der Waals surface area contributed by atoms with Crippen molar-refractivity contribution in [3.05, 3.63) is 47.2 Å². The van der Waals surface area contributed by atoms with Gasteiger partial charge in [-0.3, -0.25) is 0 Å². The number of aromatic nitrogens is 2. The molecule has 0 N–H and O–H groups in total. The molecule has 0 saturated carbocycles. The van der Waals surface area contributed by atoms with E-state index in [1.807, 2.05) is 19.9 Å². The minimum absolute atomic E-state index is 0.129. The molecule has 0 atom stereocenters. The minimum atomic E-state index is -0.520. The number of hydrogen-bond acceptors (Lipinski definition) is 8. The van der Waals surface area contributed by atoms with Crippen molar-refractivity contribution >= 4 is 5.97 Å². The molecule has 25 heavy (non-hydrogen) atoms. The van der Waals surface area contributed by atoms with Crippen LogP contribution in [0.25, 0.3) is 11.5 Å². The summed E-state index contributed by atoms with van der Waals surface area (Å²) in [6.07, 6.45) is 0. The van der Waals surface area contributed by atoms with Crippen LogP contribution in [0.1, 0.15) is 27.8 Å². The summed E-state index contributed by atoms with van der Waals surface area (Å²) in [6.45, 7) is 3.66. The Bertz CT molecular complexity index is 943. The lowest BCUT2D eigenvalue weighted by molar-refractivity contribution is 0.0438. The summed E-state index contributed by atoms with van der Waals surface area (Å²) >= 11 is 0. The molecule has 0 unspecified atom stereocenters. The monoisotopic (exact) mass is 342 g/mol. The summed E-state index contributed by atoms with van der Waals surface area (Å²) in [5.74, 6) is 2.55. The lowest BCUT2D eigenvalue weighted by Crippen LogP contribution is -2.05. The first-order valence-electron chi connectivity index (χ1n) is 7.57. The summed E-state index contributed by atoms with van der Waals surface area (Å²) < 4.78 is 26.6. The molecule has 8 heteroatoms. The highest BCUT2D eigenvalue weighted by atomic mass is 16.7. The molecule has 0 spiro atoms. The van der Waals surface area contributed by atoms with E-state index in [0.29, 0.717) is 28.7 Å². The van der Waals surface area contributed by atoms with Crippen LogP contribution in [0.4, 0.5) is 0 Å². The van der Waals surface area contributed by atoms with Crippen molar-refractivity contribution in [1.29, 1.82) is 0 Å². The van der Waals surface area contributed by atoms with Crippen molar-refractivity contribution in [2.24, 2.45) is 0 Å². The molecule has 0 bridgehead atoms. The lowest BCUT2D eigenvalue weighted by Gasteiger charge is -2.03. The topological polar surface area (TPSA) is 96.8 Å². The molecule has 128 valence electrons. The zero-order valence-electron chi connectivity index (χ0n) is 13.6. The maximum atomic E-state index is 12.1. The SMILES string of the molecule is Cc1cc(-c2nnc(COC(=O)c3ccc4c(c3)OCO4)o2)c(C)o1. The largest absolute Gasteiger partial charge is 0.466 e. The van der Waals surface area contributed by atoms with Crippen LogP contribution in [-0.4, -0.2) is 23.0 Å². The van der Waals surface area contributed by atoms with Gasteiger partial charge < -0.3 is 23.0 Å². The van der Waals surface area contributed by atoms with Crippen molar-refractivity contribution in [1.82, 2.24) is 10.2 Å². The van der Waals surface area contributed by atoms with E-state index in [2.05, 4.69) is 10.2 Å². The molecule has 1 aromatic carbocycles. The van der Waals surface area contributed by atoms with Crippen LogP contribution < -0.4 is 9.47 Å². The predicted molar refractivity (Wildman–Crippen MR) is 83.2 cm³/mol. The second-order valence-electron chi connectivity index (χ2n) is 5.47. The number of carbonyl (C=O) groups is 1. The number of esters is 1. The number of carbonyl (C=O) groups excluding carboxylic acids is 1. The zero-order valence-corrected chi connectivity index (χ0v) is 13.6. The molecular weight excluding hydrogens is 328 g/mol. The Kier molecular flexibility index (Phi) is 3.64. The van der Waals surface area contributed by atoms with Crippen molar-refractivity contribution in [2.45, 2.75) is 20.5 Å². The van der Waals surface area contributed by atoms with Gasteiger partial charge in [-0.15, -0.1) is 10.2 Å². The minimum Gasteiger partial charge on any atom is -0.466 e. The molecule has 0 saturated heterocycles. The smallest absolute Gasteiger partial charge is 0.338 e. The average molecular weight is 342 g/mol. The van der Waals surface area contributed by atoms with Gasteiger partial charge in [-0.1, -0.05) is 0 Å². The quantitative estimate of drug-likeness (QED) is 0.667. The number of benzene rings is 1. The normalized spacial score (nSPS) is 12.4. The van der Waals surface area contributed by atoms with Crippen molar-refractivity contribution < 1.29 is 27.8 Å². The van der Waals surface area contributed by atoms with Crippen LogP contribution in [0.15, 0.2) is 33.1 Å². The summed E-state index contributed by atoms with van der Waals surface area (Å²) in [7, 11) is 0. The Hall–Kier alpha value is -3.29. The molecule has 3 aromatic rings. The summed E-state index contributed by atoms with van der Waals surface area (Å²) in [4.78, 5) is 12.1. The van der Waals surface area contributed by atoms with E-state index < -0.39 is 5.97 Å². The molecule has 1 aliphatic rings. The molecule has 8 nitrogen and oxygen atoms in total. The molecule has 0 amide bonds. The number of hydrogen-bond donors (Lipinski definition) is 0. The van der Waals surface area contributed by atoms with E-state index in [0.717, 1.165) is 11.3 Å². The lowest BCUT2D eigenvalue weighted by atomic mass is 10.2. The number of ether oxygens (including phenoxy) is 3. The summed E-state index contributed by atoms with van der Waals surface area (Å²) in [5, 5.41) is 7.84. The third kappa shape index (κ3) is 2.93. The highest BCUT2D eigenvalue weighted by molar-refractivity contribution is 5.90. The Morgan fingerprint density at radius 1 is 1.12 bits per heavy atom. The van der Waals surface area contributed by atoms with Gasteiger partial charge in [0.2, 0.25) is 6.79 Å². The average Bonchev–Trinajstić information content (AvgIpc) is 3.31. The maximum absolute atomic E-state index is 12.1. The van der Waals surface area contributed by atoms with Crippen molar-refractivity contribution in [3.8, 4) is 23.0 Å². The molecule has 3 heterocycles. The molecule has 0 radical (unpaired) electrons. The maximum Gasteiger partial charge on any atom is 0.338 e. The number of nitrogens with zero attached hydrogens (tertiary/aromatic N) is 2. The van der Waals surface area contributed by atoms with Crippen LogP contribution in [-0.2, 0) is 11.3 Å². The van der Waals surface area contributed by atoms with Crippen molar-refractivity contribution in [3.63, 3.8) is 0 Å². The van der Waals surface area contributed by atoms with E-state index >= 15 is 0 Å².